The Morgan fingerprint density at radius 3 is 2.61 bits per heavy atom. The van der Waals surface area contributed by atoms with Gasteiger partial charge < -0.3 is 10.4 Å². The van der Waals surface area contributed by atoms with Crippen LogP contribution in [0.3, 0.4) is 0 Å². The van der Waals surface area contributed by atoms with Gasteiger partial charge in [0.15, 0.2) is 0 Å². The van der Waals surface area contributed by atoms with E-state index < -0.39 is 4.92 Å². The molecule has 2 N–H and O–H groups in total. The highest BCUT2D eigenvalue weighted by Gasteiger charge is 2.13. The molecule has 0 aliphatic rings. The van der Waals surface area contributed by atoms with Crippen LogP contribution in [0.15, 0.2) is 24.3 Å². The summed E-state index contributed by atoms with van der Waals surface area (Å²) in [5.41, 5.74) is 0.498. The maximum absolute atomic E-state index is 11.7. The van der Waals surface area contributed by atoms with Crippen molar-refractivity contribution in [1.29, 1.82) is 0 Å². The maximum Gasteiger partial charge on any atom is 0.269 e. The topological polar surface area (TPSA) is 92.5 Å². The van der Waals surface area contributed by atoms with Crippen LogP contribution in [-0.4, -0.2) is 33.5 Å². The van der Waals surface area contributed by atoms with E-state index >= 15 is 0 Å². The number of nitro benzene ring substituents is 1. The number of nitro groups is 1. The van der Waals surface area contributed by atoms with Gasteiger partial charge in [-0.1, -0.05) is 0 Å². The molecular weight excluding hydrogens is 256 g/mol. The van der Waals surface area contributed by atoms with Crippen molar-refractivity contribution in [1.82, 2.24) is 0 Å². The molecule has 1 rings (SSSR count). The predicted molar refractivity (Wildman–Crippen MR) is 70.7 cm³/mol. The molecule has 0 aromatic heterocycles. The predicted octanol–water partition coefficient (Wildman–Crippen LogP) is 1.65. The molecule has 0 spiro atoms. The second-order valence-electron chi connectivity index (χ2n) is 3.53. The van der Waals surface area contributed by atoms with Crippen molar-refractivity contribution in [3.05, 3.63) is 34.4 Å². The van der Waals surface area contributed by atoms with Crippen LogP contribution in [0.4, 0.5) is 11.4 Å². The number of carbonyl (C=O) groups excluding carboxylic acids is 1. The molecule has 1 aromatic carbocycles. The number of hydrogen-bond donors (Lipinski definition) is 2. The molecule has 0 saturated heterocycles. The fourth-order valence-electron chi connectivity index (χ4n) is 1.22. The average molecular weight is 270 g/mol. The minimum atomic E-state index is -0.495. The first-order valence-corrected chi connectivity index (χ1v) is 6.37. The van der Waals surface area contributed by atoms with Gasteiger partial charge in [-0.15, -0.1) is 11.8 Å². The second-order valence-corrected chi connectivity index (χ2v) is 4.98. The Labute approximate surface area is 109 Å². The molecule has 0 saturated carbocycles. The zero-order valence-electron chi connectivity index (χ0n) is 9.83. The summed E-state index contributed by atoms with van der Waals surface area (Å²) in [4.78, 5) is 21.6. The number of non-ortho nitro benzene ring substituents is 1. The van der Waals surface area contributed by atoms with Crippen LogP contribution in [0, 0.1) is 10.1 Å². The first kappa shape index (κ1) is 14.5. The molecular formula is C11H14N2O4S. The molecule has 0 bridgehead atoms. The highest BCUT2D eigenvalue weighted by atomic mass is 32.2. The molecule has 0 fully saturated rings. The molecule has 7 heteroatoms. The molecule has 1 aromatic rings. The van der Waals surface area contributed by atoms with Crippen LogP contribution in [0.1, 0.15) is 6.92 Å². The van der Waals surface area contributed by atoms with Crippen LogP contribution in [-0.2, 0) is 4.79 Å². The van der Waals surface area contributed by atoms with Gasteiger partial charge in [0.05, 0.1) is 16.8 Å². The van der Waals surface area contributed by atoms with Crippen molar-refractivity contribution >= 4 is 29.0 Å². The fourth-order valence-corrected chi connectivity index (χ4v) is 1.88. The third kappa shape index (κ3) is 4.34. The van der Waals surface area contributed by atoms with Gasteiger partial charge in [0.25, 0.3) is 5.69 Å². The molecule has 98 valence electrons. The highest BCUT2D eigenvalue weighted by Crippen LogP contribution is 2.17. The number of hydrogen-bond acceptors (Lipinski definition) is 5. The zero-order valence-corrected chi connectivity index (χ0v) is 10.6. The summed E-state index contributed by atoms with van der Waals surface area (Å²) >= 11 is 1.34. The second kappa shape index (κ2) is 6.97. The van der Waals surface area contributed by atoms with Crippen molar-refractivity contribution in [2.45, 2.75) is 12.2 Å². The van der Waals surface area contributed by atoms with Gasteiger partial charge in [-0.05, 0) is 19.1 Å². The average Bonchev–Trinajstić information content (AvgIpc) is 2.36. The number of nitrogens with zero attached hydrogens (tertiary/aromatic N) is 1. The molecule has 0 radical (unpaired) electrons. The normalized spacial score (nSPS) is 11.9. The minimum Gasteiger partial charge on any atom is -0.396 e. The molecule has 0 heterocycles. The Morgan fingerprint density at radius 2 is 2.11 bits per heavy atom. The van der Waals surface area contributed by atoms with Crippen LogP contribution < -0.4 is 5.32 Å². The molecule has 0 aliphatic heterocycles. The summed E-state index contributed by atoms with van der Waals surface area (Å²) in [5.74, 6) is 0.303. The van der Waals surface area contributed by atoms with Crippen molar-refractivity contribution in [3.63, 3.8) is 0 Å². The van der Waals surface area contributed by atoms with Gasteiger partial charge in [0, 0.05) is 23.6 Å². The van der Waals surface area contributed by atoms with E-state index in [0.717, 1.165) is 0 Å². The van der Waals surface area contributed by atoms with Crippen LogP contribution in [0.25, 0.3) is 0 Å². The Bertz CT molecular complexity index is 422. The van der Waals surface area contributed by atoms with Crippen molar-refractivity contribution in [3.8, 4) is 0 Å². The standard InChI is InChI=1S/C11H14N2O4S/c1-8(18-7-6-14)11(15)12-9-2-4-10(5-3-9)13(16)17/h2-5,8,14H,6-7H2,1H3,(H,12,15)/t8-/m1/s1. The lowest BCUT2D eigenvalue weighted by molar-refractivity contribution is -0.384. The Kier molecular flexibility index (Phi) is 5.60. The lowest BCUT2D eigenvalue weighted by atomic mass is 10.3. The van der Waals surface area contributed by atoms with E-state index in [9.17, 15) is 14.9 Å². The summed E-state index contributed by atoms with van der Waals surface area (Å²) in [5, 5.41) is 21.5. The highest BCUT2D eigenvalue weighted by molar-refractivity contribution is 8.00. The van der Waals surface area contributed by atoms with Gasteiger partial charge in [0.2, 0.25) is 5.91 Å². The molecule has 0 unspecified atom stereocenters. The van der Waals surface area contributed by atoms with E-state index in [0.29, 0.717) is 11.4 Å². The lowest BCUT2D eigenvalue weighted by Crippen LogP contribution is -2.23. The van der Waals surface area contributed by atoms with Gasteiger partial charge in [-0.25, -0.2) is 0 Å². The van der Waals surface area contributed by atoms with Gasteiger partial charge in [-0.3, -0.25) is 14.9 Å². The van der Waals surface area contributed by atoms with Gasteiger partial charge in [0.1, 0.15) is 0 Å². The number of rotatable bonds is 6. The number of aliphatic hydroxyl groups excluding tert-OH is 1. The number of benzene rings is 1. The summed E-state index contributed by atoms with van der Waals surface area (Å²) in [6, 6.07) is 5.64. The minimum absolute atomic E-state index is 0.0179. The van der Waals surface area contributed by atoms with E-state index in [4.69, 9.17) is 5.11 Å². The summed E-state index contributed by atoms with van der Waals surface area (Å²) in [6.07, 6.45) is 0. The maximum atomic E-state index is 11.7. The van der Waals surface area contributed by atoms with Crippen molar-refractivity contribution in [2.75, 3.05) is 17.7 Å². The molecule has 0 aliphatic carbocycles. The first-order chi connectivity index (χ1) is 8.54. The smallest absolute Gasteiger partial charge is 0.269 e. The summed E-state index contributed by atoms with van der Waals surface area (Å²) in [6.45, 7) is 1.76. The van der Waals surface area contributed by atoms with E-state index in [-0.39, 0.29) is 23.5 Å². The molecule has 6 nitrogen and oxygen atoms in total. The largest absolute Gasteiger partial charge is 0.396 e. The fraction of sp³-hybridized carbons (Fsp3) is 0.364. The third-order valence-corrected chi connectivity index (χ3v) is 3.31. The van der Waals surface area contributed by atoms with E-state index in [2.05, 4.69) is 5.32 Å². The van der Waals surface area contributed by atoms with Crippen LogP contribution in [0.5, 0.6) is 0 Å². The van der Waals surface area contributed by atoms with Crippen molar-refractivity contribution in [2.24, 2.45) is 0 Å². The number of aliphatic hydroxyl groups is 1. The third-order valence-electron chi connectivity index (χ3n) is 2.17. The van der Waals surface area contributed by atoms with E-state index in [1.54, 1.807) is 6.92 Å². The van der Waals surface area contributed by atoms with Gasteiger partial charge >= 0.3 is 0 Å². The van der Waals surface area contributed by atoms with Gasteiger partial charge in [-0.2, -0.15) is 0 Å². The number of nitrogens with one attached hydrogen (secondary N) is 1. The number of amides is 1. The Hall–Kier alpha value is -1.60. The quantitative estimate of drug-likeness (QED) is 0.605. The summed E-state index contributed by atoms with van der Waals surface area (Å²) < 4.78 is 0. The molecule has 1 atom stereocenters. The summed E-state index contributed by atoms with van der Waals surface area (Å²) in [7, 11) is 0. The number of thioether (sulfide) groups is 1. The molecule has 1 amide bonds. The SMILES string of the molecule is C[C@@H](SCCO)C(=O)Nc1ccc([N+](=O)[O-])cc1. The zero-order chi connectivity index (χ0) is 13.5. The number of anilines is 1. The lowest BCUT2D eigenvalue weighted by Gasteiger charge is -2.11. The monoisotopic (exact) mass is 270 g/mol. The molecule has 18 heavy (non-hydrogen) atoms. The first-order valence-electron chi connectivity index (χ1n) is 5.32. The Balaban J connectivity index is 2.56. The van der Waals surface area contributed by atoms with Crippen LogP contribution >= 0.6 is 11.8 Å². The Morgan fingerprint density at radius 1 is 1.50 bits per heavy atom. The van der Waals surface area contributed by atoms with E-state index in [1.165, 1.54) is 36.0 Å². The van der Waals surface area contributed by atoms with Crippen LogP contribution in [0.2, 0.25) is 0 Å². The number of carbonyl (C=O) groups is 1. The van der Waals surface area contributed by atoms with Crippen molar-refractivity contribution < 1.29 is 14.8 Å². The van der Waals surface area contributed by atoms with E-state index in [1.807, 2.05) is 0 Å².